The third-order valence-corrected chi connectivity index (χ3v) is 5.42. The van der Waals surface area contributed by atoms with Gasteiger partial charge in [-0.05, 0) is 60.6 Å². The predicted octanol–water partition coefficient (Wildman–Crippen LogP) is 4.30. The molecule has 3 atom stereocenters. The van der Waals surface area contributed by atoms with E-state index < -0.39 is 0 Å². The number of carbonyl (C=O) groups is 1. The Labute approximate surface area is 147 Å². The molecule has 0 aromatic heterocycles. The molecule has 1 saturated carbocycles. The molecular weight excluding hydrogens is 317 g/mol. The second kappa shape index (κ2) is 6.51. The van der Waals surface area contributed by atoms with Gasteiger partial charge in [0.25, 0.3) is 0 Å². The van der Waals surface area contributed by atoms with E-state index in [1.165, 1.54) is 12.1 Å². The first-order valence-electron chi connectivity index (χ1n) is 8.87. The van der Waals surface area contributed by atoms with Crippen molar-refractivity contribution in [2.45, 2.75) is 31.2 Å². The van der Waals surface area contributed by atoms with Crippen molar-refractivity contribution in [1.29, 1.82) is 0 Å². The largest absolute Gasteiger partial charge is 0.497 e. The van der Waals surface area contributed by atoms with Crippen LogP contribution in [0, 0.1) is 11.7 Å². The number of halogens is 1. The zero-order valence-electron chi connectivity index (χ0n) is 14.3. The zero-order chi connectivity index (χ0) is 17.4. The van der Waals surface area contributed by atoms with Crippen molar-refractivity contribution < 1.29 is 13.9 Å². The van der Waals surface area contributed by atoms with E-state index in [0.29, 0.717) is 0 Å². The van der Waals surface area contributed by atoms with Gasteiger partial charge in [0.1, 0.15) is 11.6 Å². The van der Waals surface area contributed by atoms with Gasteiger partial charge in [-0.25, -0.2) is 4.39 Å². The van der Waals surface area contributed by atoms with Gasteiger partial charge in [-0.2, -0.15) is 0 Å². The summed E-state index contributed by atoms with van der Waals surface area (Å²) in [7, 11) is 1.66. The lowest BCUT2D eigenvalue weighted by Gasteiger charge is -2.25. The molecule has 2 aromatic carbocycles. The first-order valence-corrected chi connectivity index (χ1v) is 8.87. The Balaban J connectivity index is 1.49. The molecule has 3 unspecified atom stereocenters. The lowest BCUT2D eigenvalue weighted by Crippen LogP contribution is -2.32. The van der Waals surface area contributed by atoms with Crippen molar-refractivity contribution in [3.8, 4) is 5.75 Å². The fourth-order valence-electron chi connectivity index (χ4n) is 3.99. The van der Waals surface area contributed by atoms with Crippen molar-refractivity contribution in [3.05, 3.63) is 65.5 Å². The minimum absolute atomic E-state index is 0.0386. The summed E-state index contributed by atoms with van der Waals surface area (Å²) in [5, 5.41) is 0. The Morgan fingerprint density at radius 2 is 1.96 bits per heavy atom. The van der Waals surface area contributed by atoms with E-state index in [1.54, 1.807) is 19.2 Å². The van der Waals surface area contributed by atoms with E-state index in [1.807, 2.05) is 23.1 Å². The Hall–Kier alpha value is -2.36. The van der Waals surface area contributed by atoms with Crippen LogP contribution in [0.5, 0.6) is 5.75 Å². The Bertz CT molecular complexity index is 774. The fraction of sp³-hybridized carbons (Fsp3) is 0.381. The SMILES string of the molecule is COc1cccc(C2CCCN2C(=O)C2CC2c2ccc(F)cc2)c1. The number of hydrogen-bond donors (Lipinski definition) is 0. The molecule has 0 spiro atoms. The topological polar surface area (TPSA) is 29.5 Å². The van der Waals surface area contributed by atoms with Gasteiger partial charge in [0.2, 0.25) is 5.91 Å². The van der Waals surface area contributed by atoms with Crippen molar-refractivity contribution >= 4 is 5.91 Å². The van der Waals surface area contributed by atoms with Gasteiger partial charge in [0.15, 0.2) is 0 Å². The highest BCUT2D eigenvalue weighted by Crippen LogP contribution is 2.50. The third kappa shape index (κ3) is 3.13. The molecule has 3 nitrogen and oxygen atoms in total. The summed E-state index contributed by atoms with van der Waals surface area (Å²) in [5.41, 5.74) is 2.21. The van der Waals surface area contributed by atoms with E-state index in [9.17, 15) is 9.18 Å². The lowest BCUT2D eigenvalue weighted by molar-refractivity contribution is -0.133. The average Bonchev–Trinajstić information content (AvgIpc) is 3.29. The van der Waals surface area contributed by atoms with Crippen molar-refractivity contribution in [2.24, 2.45) is 5.92 Å². The van der Waals surface area contributed by atoms with Gasteiger partial charge >= 0.3 is 0 Å². The maximum absolute atomic E-state index is 13.1. The van der Waals surface area contributed by atoms with Crippen molar-refractivity contribution in [3.63, 3.8) is 0 Å². The predicted molar refractivity (Wildman–Crippen MR) is 93.9 cm³/mol. The zero-order valence-corrected chi connectivity index (χ0v) is 14.3. The number of benzene rings is 2. The van der Waals surface area contributed by atoms with Crippen LogP contribution in [0.25, 0.3) is 0 Å². The number of nitrogens with zero attached hydrogens (tertiary/aromatic N) is 1. The van der Waals surface area contributed by atoms with Crippen LogP contribution in [0.4, 0.5) is 4.39 Å². The highest BCUT2D eigenvalue weighted by molar-refractivity contribution is 5.83. The van der Waals surface area contributed by atoms with Crippen LogP contribution >= 0.6 is 0 Å². The maximum Gasteiger partial charge on any atom is 0.226 e. The smallest absolute Gasteiger partial charge is 0.226 e. The fourth-order valence-corrected chi connectivity index (χ4v) is 3.99. The number of rotatable bonds is 4. The first kappa shape index (κ1) is 16.1. The minimum Gasteiger partial charge on any atom is -0.497 e. The molecule has 2 aromatic rings. The highest BCUT2D eigenvalue weighted by Gasteiger charge is 2.47. The molecule has 0 bridgehead atoms. The van der Waals surface area contributed by atoms with Crippen molar-refractivity contribution in [2.75, 3.05) is 13.7 Å². The number of amides is 1. The molecule has 130 valence electrons. The van der Waals surface area contributed by atoms with Crippen molar-refractivity contribution in [1.82, 2.24) is 4.90 Å². The summed E-state index contributed by atoms with van der Waals surface area (Å²) in [5.74, 6) is 1.10. The van der Waals surface area contributed by atoms with Gasteiger partial charge in [-0.1, -0.05) is 24.3 Å². The quantitative estimate of drug-likeness (QED) is 0.831. The van der Waals surface area contributed by atoms with Gasteiger partial charge in [-0.3, -0.25) is 4.79 Å². The monoisotopic (exact) mass is 339 g/mol. The van der Waals surface area contributed by atoms with Gasteiger partial charge in [0.05, 0.1) is 13.2 Å². The molecule has 2 aliphatic rings. The number of methoxy groups -OCH3 is 1. The van der Waals surface area contributed by atoms with E-state index in [-0.39, 0.29) is 29.6 Å². The summed E-state index contributed by atoms with van der Waals surface area (Å²) in [4.78, 5) is 15.0. The van der Waals surface area contributed by atoms with Crippen LogP contribution in [-0.2, 0) is 4.79 Å². The average molecular weight is 339 g/mol. The summed E-state index contributed by atoms with van der Waals surface area (Å²) in [6.45, 7) is 0.813. The van der Waals surface area contributed by atoms with Gasteiger partial charge < -0.3 is 9.64 Å². The Morgan fingerprint density at radius 3 is 2.72 bits per heavy atom. The third-order valence-electron chi connectivity index (χ3n) is 5.42. The van der Waals surface area contributed by atoms with Crippen LogP contribution < -0.4 is 4.74 Å². The van der Waals surface area contributed by atoms with Crippen LogP contribution in [-0.4, -0.2) is 24.5 Å². The molecule has 0 N–H and O–H groups in total. The van der Waals surface area contributed by atoms with E-state index in [2.05, 4.69) is 6.07 Å². The molecule has 1 aliphatic carbocycles. The minimum atomic E-state index is -0.232. The molecule has 1 saturated heterocycles. The van der Waals surface area contributed by atoms with Crippen LogP contribution in [0.2, 0.25) is 0 Å². The Morgan fingerprint density at radius 1 is 1.16 bits per heavy atom. The standard InChI is InChI=1S/C21H22FNO2/c1-25-17-5-2-4-15(12-17)20-6-3-11-23(20)21(24)19-13-18(19)14-7-9-16(22)10-8-14/h2,4-5,7-10,12,18-20H,3,6,11,13H2,1H3. The highest BCUT2D eigenvalue weighted by atomic mass is 19.1. The summed E-state index contributed by atoms with van der Waals surface area (Å²) in [6.07, 6.45) is 2.89. The second-order valence-corrected chi connectivity index (χ2v) is 6.97. The number of hydrogen-bond acceptors (Lipinski definition) is 2. The van der Waals surface area contributed by atoms with Gasteiger partial charge in [-0.15, -0.1) is 0 Å². The Kier molecular flexibility index (Phi) is 4.20. The molecule has 2 fully saturated rings. The maximum atomic E-state index is 13.1. The first-order chi connectivity index (χ1) is 12.2. The summed E-state index contributed by atoms with van der Waals surface area (Å²) >= 11 is 0. The van der Waals surface area contributed by atoms with Crippen LogP contribution in [0.15, 0.2) is 48.5 Å². The van der Waals surface area contributed by atoms with Crippen LogP contribution in [0.3, 0.4) is 0 Å². The second-order valence-electron chi connectivity index (χ2n) is 6.97. The molecular formula is C21H22FNO2. The normalized spacial score (nSPS) is 25.0. The van der Waals surface area contributed by atoms with Crippen LogP contribution in [0.1, 0.15) is 42.3 Å². The molecule has 0 radical (unpaired) electrons. The lowest BCUT2D eigenvalue weighted by atomic mass is 10.0. The number of likely N-dealkylation sites (tertiary alicyclic amines) is 1. The molecule has 4 rings (SSSR count). The number of carbonyl (C=O) groups excluding carboxylic acids is 1. The van der Waals surface area contributed by atoms with E-state index >= 15 is 0 Å². The van der Waals surface area contributed by atoms with Gasteiger partial charge in [0, 0.05) is 12.5 Å². The summed E-state index contributed by atoms with van der Waals surface area (Å²) in [6, 6.07) is 14.7. The molecule has 1 heterocycles. The number of ether oxygens (including phenoxy) is 1. The molecule has 4 heteroatoms. The molecule has 25 heavy (non-hydrogen) atoms. The summed E-state index contributed by atoms with van der Waals surface area (Å²) < 4.78 is 18.4. The molecule has 1 amide bonds. The van der Waals surface area contributed by atoms with E-state index in [0.717, 1.165) is 42.7 Å². The van der Waals surface area contributed by atoms with E-state index in [4.69, 9.17) is 4.74 Å². The molecule has 1 aliphatic heterocycles.